The quantitative estimate of drug-likeness (QED) is 0.591. The number of nitrogens with zero attached hydrogens (tertiary/aromatic N) is 1. The molecule has 4 heteroatoms. The molecule has 3 aliphatic rings. The van der Waals surface area contributed by atoms with Gasteiger partial charge in [0.2, 0.25) is 5.91 Å². The highest BCUT2D eigenvalue weighted by atomic mass is 16.7. The lowest BCUT2D eigenvalue weighted by Gasteiger charge is -2.25. The molecule has 0 spiro atoms. The fourth-order valence-corrected chi connectivity index (χ4v) is 2.78. The molecule has 0 radical (unpaired) electrons. The van der Waals surface area contributed by atoms with Gasteiger partial charge in [0, 0.05) is 19.2 Å². The van der Waals surface area contributed by atoms with Gasteiger partial charge in [-0.2, -0.15) is 0 Å². The molecule has 0 aromatic carbocycles. The lowest BCUT2D eigenvalue weighted by molar-refractivity contribution is -0.126. The largest absolute Gasteiger partial charge is 0.345 e. The Morgan fingerprint density at radius 1 is 1.14 bits per heavy atom. The third-order valence-corrected chi connectivity index (χ3v) is 3.99. The van der Waals surface area contributed by atoms with Crippen molar-refractivity contribution < 1.29 is 14.3 Å². The summed E-state index contributed by atoms with van der Waals surface area (Å²) in [4.78, 5) is 13.9. The van der Waals surface area contributed by atoms with Crippen LogP contribution in [0.2, 0.25) is 0 Å². The first kappa shape index (κ1) is 14.3. The zero-order valence-corrected chi connectivity index (χ0v) is 12.1. The van der Waals surface area contributed by atoms with Crippen molar-refractivity contribution in [2.45, 2.75) is 31.5 Å². The van der Waals surface area contributed by atoms with E-state index in [4.69, 9.17) is 9.47 Å². The second kappa shape index (κ2) is 6.87. The third-order valence-electron chi connectivity index (χ3n) is 3.99. The molecule has 2 saturated heterocycles. The second-order valence-electron chi connectivity index (χ2n) is 5.51. The standard InChI is InChI=1S/C17H21NO3/c19-17(18-10-4-1-5-11-18)7-3-2-6-14-8-9-15-16(12-14)21-13-20-15/h2-3,6-9,12,15-16H,1,4-5,10-11,13H2/b6-2+,7-3+. The van der Waals surface area contributed by atoms with Crippen LogP contribution < -0.4 is 0 Å². The Balaban J connectivity index is 1.51. The van der Waals surface area contributed by atoms with Gasteiger partial charge in [-0.15, -0.1) is 0 Å². The number of hydrogen-bond donors (Lipinski definition) is 0. The SMILES string of the molecule is O=C(/C=C/C=C/C1=CC2OCOC2C=C1)N1CCCCC1. The van der Waals surface area contributed by atoms with Gasteiger partial charge in [0.05, 0.1) is 0 Å². The molecule has 0 bridgehead atoms. The van der Waals surface area contributed by atoms with Crippen LogP contribution in [0.25, 0.3) is 0 Å². The number of ether oxygens (including phenoxy) is 2. The minimum Gasteiger partial charge on any atom is -0.345 e. The Bertz CT molecular complexity index is 498. The van der Waals surface area contributed by atoms with E-state index < -0.39 is 0 Å². The number of fused-ring (bicyclic) bond motifs is 1. The van der Waals surface area contributed by atoms with Crippen molar-refractivity contribution in [3.05, 3.63) is 48.1 Å². The molecule has 4 nitrogen and oxygen atoms in total. The predicted molar refractivity (Wildman–Crippen MR) is 80.5 cm³/mol. The van der Waals surface area contributed by atoms with Crippen LogP contribution in [-0.4, -0.2) is 42.9 Å². The van der Waals surface area contributed by atoms with Crippen molar-refractivity contribution >= 4 is 5.91 Å². The van der Waals surface area contributed by atoms with Gasteiger partial charge < -0.3 is 14.4 Å². The Kier molecular flexibility index (Phi) is 4.68. The summed E-state index contributed by atoms with van der Waals surface area (Å²) in [7, 11) is 0. The minimum absolute atomic E-state index is 0.0219. The summed E-state index contributed by atoms with van der Waals surface area (Å²) < 4.78 is 10.8. The van der Waals surface area contributed by atoms with Gasteiger partial charge in [-0.25, -0.2) is 0 Å². The smallest absolute Gasteiger partial charge is 0.246 e. The first-order valence-electron chi connectivity index (χ1n) is 7.60. The average molecular weight is 287 g/mol. The number of carbonyl (C=O) groups excluding carboxylic acids is 1. The highest BCUT2D eigenvalue weighted by Crippen LogP contribution is 2.22. The number of allylic oxidation sites excluding steroid dienone is 5. The van der Waals surface area contributed by atoms with E-state index in [0.717, 1.165) is 31.5 Å². The Morgan fingerprint density at radius 2 is 1.95 bits per heavy atom. The molecule has 0 saturated carbocycles. The van der Waals surface area contributed by atoms with Gasteiger partial charge in [-0.3, -0.25) is 4.79 Å². The summed E-state index contributed by atoms with van der Waals surface area (Å²) in [5.74, 6) is 0.111. The van der Waals surface area contributed by atoms with E-state index in [1.54, 1.807) is 6.08 Å². The first-order chi connectivity index (χ1) is 10.3. The van der Waals surface area contributed by atoms with Crippen LogP contribution in [0.4, 0.5) is 0 Å². The first-order valence-corrected chi connectivity index (χ1v) is 7.60. The number of hydrogen-bond acceptors (Lipinski definition) is 3. The van der Waals surface area contributed by atoms with E-state index in [1.165, 1.54) is 6.42 Å². The monoisotopic (exact) mass is 287 g/mol. The molecule has 2 aliphatic heterocycles. The molecular weight excluding hydrogens is 266 g/mol. The van der Waals surface area contributed by atoms with Crippen molar-refractivity contribution in [1.82, 2.24) is 4.90 Å². The molecule has 1 aliphatic carbocycles. The van der Waals surface area contributed by atoms with Gasteiger partial charge in [-0.1, -0.05) is 30.4 Å². The highest BCUT2D eigenvalue weighted by Gasteiger charge is 2.27. The second-order valence-corrected chi connectivity index (χ2v) is 5.51. The maximum atomic E-state index is 11.9. The van der Waals surface area contributed by atoms with Crippen LogP contribution in [0.1, 0.15) is 19.3 Å². The average Bonchev–Trinajstić information content (AvgIpc) is 3.00. The van der Waals surface area contributed by atoms with E-state index in [0.29, 0.717) is 6.79 Å². The van der Waals surface area contributed by atoms with E-state index in [-0.39, 0.29) is 18.1 Å². The van der Waals surface area contributed by atoms with Crippen molar-refractivity contribution in [2.24, 2.45) is 0 Å². The van der Waals surface area contributed by atoms with Gasteiger partial charge >= 0.3 is 0 Å². The number of likely N-dealkylation sites (tertiary alicyclic amines) is 1. The summed E-state index contributed by atoms with van der Waals surface area (Å²) in [5, 5.41) is 0. The van der Waals surface area contributed by atoms with Gasteiger partial charge in [-0.05, 0) is 30.9 Å². The number of piperidine rings is 1. The maximum absolute atomic E-state index is 11.9. The molecule has 112 valence electrons. The fraction of sp³-hybridized carbons (Fsp3) is 0.471. The molecule has 21 heavy (non-hydrogen) atoms. The molecular formula is C17H21NO3. The van der Waals surface area contributed by atoms with Crippen LogP contribution in [-0.2, 0) is 14.3 Å². The zero-order valence-electron chi connectivity index (χ0n) is 12.1. The number of amides is 1. The lowest BCUT2D eigenvalue weighted by Crippen LogP contribution is -2.34. The molecule has 2 unspecified atom stereocenters. The van der Waals surface area contributed by atoms with E-state index >= 15 is 0 Å². The number of rotatable bonds is 3. The molecule has 0 aromatic rings. The maximum Gasteiger partial charge on any atom is 0.246 e. The van der Waals surface area contributed by atoms with Gasteiger partial charge in [0.1, 0.15) is 19.0 Å². The molecule has 0 aromatic heterocycles. The lowest BCUT2D eigenvalue weighted by atomic mass is 10.0. The molecule has 3 rings (SSSR count). The van der Waals surface area contributed by atoms with Gasteiger partial charge in [0.15, 0.2) is 0 Å². The van der Waals surface area contributed by atoms with Crippen molar-refractivity contribution in [1.29, 1.82) is 0 Å². The zero-order chi connectivity index (χ0) is 14.5. The normalized spacial score (nSPS) is 29.1. The number of carbonyl (C=O) groups is 1. The van der Waals surface area contributed by atoms with E-state index in [9.17, 15) is 4.79 Å². The summed E-state index contributed by atoms with van der Waals surface area (Å²) in [6.07, 6.45) is 17.0. The summed E-state index contributed by atoms with van der Waals surface area (Å²) in [5.41, 5.74) is 1.08. The topological polar surface area (TPSA) is 38.8 Å². The van der Waals surface area contributed by atoms with Crippen LogP contribution in [0.15, 0.2) is 48.1 Å². The Labute approximate surface area is 125 Å². The summed E-state index contributed by atoms with van der Waals surface area (Å²) >= 11 is 0. The molecule has 2 heterocycles. The Morgan fingerprint density at radius 3 is 2.81 bits per heavy atom. The predicted octanol–water partition coefficient (Wildman–Crippen LogP) is 2.35. The van der Waals surface area contributed by atoms with Crippen molar-refractivity contribution in [3.63, 3.8) is 0 Å². The van der Waals surface area contributed by atoms with E-state index in [1.807, 2.05) is 35.3 Å². The summed E-state index contributed by atoms with van der Waals surface area (Å²) in [6, 6.07) is 0. The highest BCUT2D eigenvalue weighted by molar-refractivity contribution is 5.87. The van der Waals surface area contributed by atoms with Crippen molar-refractivity contribution in [3.8, 4) is 0 Å². The minimum atomic E-state index is 0.0219. The van der Waals surface area contributed by atoms with Crippen LogP contribution in [0.5, 0.6) is 0 Å². The van der Waals surface area contributed by atoms with Crippen LogP contribution in [0.3, 0.4) is 0 Å². The van der Waals surface area contributed by atoms with E-state index in [2.05, 4.69) is 6.08 Å². The van der Waals surface area contributed by atoms with Gasteiger partial charge in [0.25, 0.3) is 0 Å². The summed E-state index contributed by atoms with van der Waals surface area (Å²) in [6.45, 7) is 2.14. The molecule has 1 amide bonds. The third kappa shape index (κ3) is 3.71. The Hall–Kier alpha value is -1.65. The molecule has 2 atom stereocenters. The molecule has 0 N–H and O–H groups in total. The fourth-order valence-electron chi connectivity index (χ4n) is 2.78. The van der Waals surface area contributed by atoms with Crippen molar-refractivity contribution in [2.75, 3.05) is 19.9 Å². The molecule has 2 fully saturated rings. The van der Waals surface area contributed by atoms with Crippen LogP contribution in [0, 0.1) is 0 Å². The van der Waals surface area contributed by atoms with Crippen LogP contribution >= 0.6 is 0 Å².